The van der Waals surface area contributed by atoms with Crippen molar-refractivity contribution in [3.8, 4) is 0 Å². The molecule has 1 saturated carbocycles. The van der Waals surface area contributed by atoms with Crippen molar-refractivity contribution in [2.24, 2.45) is 0 Å². The Balaban J connectivity index is 1.79. The van der Waals surface area contributed by atoms with Crippen molar-refractivity contribution in [2.75, 3.05) is 0 Å². The number of amides is 2. The van der Waals surface area contributed by atoms with E-state index in [2.05, 4.69) is 20.8 Å². The number of alkyl halides is 2. The van der Waals surface area contributed by atoms with E-state index in [1.54, 1.807) is 20.8 Å². The van der Waals surface area contributed by atoms with Gasteiger partial charge in [-0.3, -0.25) is 4.79 Å². The average molecular weight is 388 g/mol. The minimum absolute atomic E-state index is 0.0188. The summed E-state index contributed by atoms with van der Waals surface area (Å²) in [7, 11) is 0. The van der Waals surface area contributed by atoms with Crippen LogP contribution in [-0.4, -0.2) is 39.7 Å². The van der Waals surface area contributed by atoms with Gasteiger partial charge in [-0.05, 0) is 40.5 Å². The van der Waals surface area contributed by atoms with Gasteiger partial charge in [0.05, 0.1) is 6.54 Å². The number of aromatic nitrogens is 2. The number of rotatable bonds is 5. The first-order chi connectivity index (χ1) is 12.5. The smallest absolute Gasteiger partial charge is 0.408 e. The molecule has 1 fully saturated rings. The molecule has 10 heteroatoms. The van der Waals surface area contributed by atoms with Crippen molar-refractivity contribution < 1.29 is 27.6 Å². The molecule has 0 saturated heterocycles. The number of hydrogen-bond acceptors (Lipinski definition) is 6. The van der Waals surface area contributed by atoms with Crippen LogP contribution < -0.4 is 10.6 Å². The summed E-state index contributed by atoms with van der Waals surface area (Å²) >= 11 is 0. The van der Waals surface area contributed by atoms with Crippen LogP contribution in [0.1, 0.15) is 71.0 Å². The maximum absolute atomic E-state index is 13.2. The first-order valence-corrected chi connectivity index (χ1v) is 8.93. The molecular formula is C17H26F2N4O4. The quantitative estimate of drug-likeness (QED) is 0.803. The maximum Gasteiger partial charge on any atom is 0.408 e. The molecule has 1 aliphatic carbocycles. The third kappa shape index (κ3) is 6.76. The molecule has 0 spiro atoms. The summed E-state index contributed by atoms with van der Waals surface area (Å²) in [4.78, 5) is 27.9. The Hall–Kier alpha value is -2.26. The summed E-state index contributed by atoms with van der Waals surface area (Å²) < 4.78 is 36.6. The van der Waals surface area contributed by atoms with E-state index in [1.807, 2.05) is 0 Å². The van der Waals surface area contributed by atoms with Crippen LogP contribution in [0.4, 0.5) is 13.6 Å². The molecule has 0 aliphatic heterocycles. The summed E-state index contributed by atoms with van der Waals surface area (Å²) in [5, 5.41) is 8.82. The fraction of sp³-hybridized carbons (Fsp3) is 0.765. The van der Waals surface area contributed by atoms with Gasteiger partial charge in [0.25, 0.3) is 0 Å². The Morgan fingerprint density at radius 2 is 1.96 bits per heavy atom. The predicted octanol–water partition coefficient (Wildman–Crippen LogP) is 2.89. The second-order valence-electron chi connectivity index (χ2n) is 7.76. The SMILES string of the molecule is CC(NC(=O)OC(C)(C)C)C(=O)NCc1nc(C2CCC(F)(F)CC2)no1. The topological polar surface area (TPSA) is 106 Å². The summed E-state index contributed by atoms with van der Waals surface area (Å²) in [6.07, 6.45) is -0.470. The molecule has 8 nitrogen and oxygen atoms in total. The predicted molar refractivity (Wildman–Crippen MR) is 91.1 cm³/mol. The zero-order valence-electron chi connectivity index (χ0n) is 16.0. The Bertz CT molecular complexity index is 662. The lowest BCUT2D eigenvalue weighted by Gasteiger charge is -2.26. The van der Waals surface area contributed by atoms with Gasteiger partial charge in [0.2, 0.25) is 17.7 Å². The molecule has 0 bridgehead atoms. The van der Waals surface area contributed by atoms with Crippen molar-refractivity contribution in [3.63, 3.8) is 0 Å². The van der Waals surface area contributed by atoms with E-state index in [9.17, 15) is 18.4 Å². The van der Waals surface area contributed by atoms with Crippen molar-refractivity contribution in [2.45, 2.75) is 83.4 Å². The Kier molecular flexibility index (Phi) is 6.38. The standard InChI is InChI=1S/C17H26F2N4O4/c1-10(21-15(25)26-16(2,3)4)14(24)20-9-12-22-13(23-27-12)11-5-7-17(18,19)8-6-11/h10-11H,5-9H2,1-4H3,(H,20,24)(H,21,25). The fourth-order valence-electron chi connectivity index (χ4n) is 2.67. The van der Waals surface area contributed by atoms with Gasteiger partial charge in [0.15, 0.2) is 5.82 Å². The zero-order chi connectivity index (χ0) is 20.2. The van der Waals surface area contributed by atoms with E-state index in [0.717, 1.165) is 0 Å². The van der Waals surface area contributed by atoms with E-state index >= 15 is 0 Å². The molecule has 2 amide bonds. The highest BCUT2D eigenvalue weighted by atomic mass is 19.3. The first-order valence-electron chi connectivity index (χ1n) is 8.93. The first kappa shape index (κ1) is 21.0. The largest absolute Gasteiger partial charge is 0.444 e. The van der Waals surface area contributed by atoms with Crippen molar-refractivity contribution in [1.82, 2.24) is 20.8 Å². The molecule has 0 radical (unpaired) electrons. The Morgan fingerprint density at radius 3 is 2.56 bits per heavy atom. The van der Waals surface area contributed by atoms with E-state index in [4.69, 9.17) is 9.26 Å². The minimum atomic E-state index is -2.62. The number of halogens is 2. The Labute approximate surface area is 156 Å². The monoisotopic (exact) mass is 388 g/mol. The lowest BCUT2D eigenvalue weighted by Crippen LogP contribution is -2.46. The normalized spacial score (nSPS) is 18.6. The second-order valence-corrected chi connectivity index (χ2v) is 7.76. The molecule has 152 valence electrons. The maximum atomic E-state index is 13.2. The van der Waals surface area contributed by atoms with Gasteiger partial charge in [-0.15, -0.1) is 0 Å². The summed E-state index contributed by atoms with van der Waals surface area (Å²) in [6, 6.07) is -0.817. The average Bonchev–Trinajstić information content (AvgIpc) is 2.99. The van der Waals surface area contributed by atoms with E-state index in [0.29, 0.717) is 18.7 Å². The molecule has 1 aromatic heterocycles. The van der Waals surface area contributed by atoms with Gasteiger partial charge in [-0.1, -0.05) is 5.16 Å². The number of ether oxygens (including phenoxy) is 1. The molecule has 1 heterocycles. The third-order valence-corrected chi connectivity index (χ3v) is 4.11. The zero-order valence-corrected chi connectivity index (χ0v) is 16.0. The number of nitrogens with zero attached hydrogens (tertiary/aromatic N) is 2. The van der Waals surface area contributed by atoms with Gasteiger partial charge in [0.1, 0.15) is 11.6 Å². The van der Waals surface area contributed by atoms with Gasteiger partial charge < -0.3 is 19.9 Å². The molecule has 1 atom stereocenters. The number of hydrogen-bond donors (Lipinski definition) is 2. The van der Waals surface area contributed by atoms with Crippen molar-refractivity contribution in [3.05, 3.63) is 11.7 Å². The van der Waals surface area contributed by atoms with Gasteiger partial charge in [-0.2, -0.15) is 4.98 Å². The van der Waals surface area contributed by atoms with Crippen LogP contribution in [0.3, 0.4) is 0 Å². The molecule has 1 aromatic rings. The van der Waals surface area contributed by atoms with Crippen LogP contribution in [0.15, 0.2) is 4.52 Å². The van der Waals surface area contributed by atoms with Gasteiger partial charge >= 0.3 is 6.09 Å². The molecular weight excluding hydrogens is 362 g/mol. The van der Waals surface area contributed by atoms with Crippen LogP contribution in [0.25, 0.3) is 0 Å². The third-order valence-electron chi connectivity index (χ3n) is 4.11. The molecule has 1 aliphatic rings. The summed E-state index contributed by atoms with van der Waals surface area (Å²) in [5.41, 5.74) is -0.663. The van der Waals surface area contributed by atoms with E-state index in [1.165, 1.54) is 6.92 Å². The van der Waals surface area contributed by atoms with Crippen LogP contribution in [-0.2, 0) is 16.1 Å². The highest BCUT2D eigenvalue weighted by Crippen LogP contribution is 2.39. The summed E-state index contributed by atoms with van der Waals surface area (Å²) in [6.45, 7) is 6.66. The minimum Gasteiger partial charge on any atom is -0.444 e. The number of nitrogens with one attached hydrogen (secondary N) is 2. The van der Waals surface area contributed by atoms with Crippen LogP contribution in [0.2, 0.25) is 0 Å². The van der Waals surface area contributed by atoms with Crippen molar-refractivity contribution in [1.29, 1.82) is 0 Å². The molecule has 2 rings (SSSR count). The Morgan fingerprint density at radius 1 is 1.33 bits per heavy atom. The fourth-order valence-corrected chi connectivity index (χ4v) is 2.67. The highest BCUT2D eigenvalue weighted by Gasteiger charge is 2.37. The van der Waals surface area contributed by atoms with Crippen molar-refractivity contribution >= 4 is 12.0 Å². The number of carbonyl (C=O) groups is 2. The van der Waals surface area contributed by atoms with E-state index in [-0.39, 0.29) is 31.2 Å². The lowest BCUT2D eigenvalue weighted by molar-refractivity contribution is -0.123. The molecule has 1 unspecified atom stereocenters. The van der Waals surface area contributed by atoms with E-state index < -0.39 is 29.6 Å². The highest BCUT2D eigenvalue weighted by molar-refractivity contribution is 5.85. The van der Waals surface area contributed by atoms with Crippen LogP contribution in [0.5, 0.6) is 0 Å². The molecule has 27 heavy (non-hydrogen) atoms. The second kappa shape index (κ2) is 8.18. The lowest BCUT2D eigenvalue weighted by atomic mass is 9.86. The number of alkyl carbamates (subject to hydrolysis) is 1. The van der Waals surface area contributed by atoms with Crippen LogP contribution in [0, 0.1) is 0 Å². The summed E-state index contributed by atoms with van der Waals surface area (Å²) in [5.74, 6) is -2.66. The number of carbonyl (C=O) groups excluding carboxylic acids is 2. The molecule has 0 aromatic carbocycles. The molecule has 2 N–H and O–H groups in total. The van der Waals surface area contributed by atoms with Gasteiger partial charge in [0, 0.05) is 18.8 Å². The van der Waals surface area contributed by atoms with Gasteiger partial charge in [-0.25, -0.2) is 13.6 Å². The van der Waals surface area contributed by atoms with Crippen LogP contribution >= 0.6 is 0 Å².